The third kappa shape index (κ3) is 6.25. The van der Waals surface area contributed by atoms with Crippen LogP contribution in [0.1, 0.15) is 0 Å². The molecule has 0 aliphatic rings. The van der Waals surface area contributed by atoms with Gasteiger partial charge in [-0.05, 0) is 0 Å². The van der Waals surface area contributed by atoms with Crippen LogP contribution in [0, 0.1) is 0 Å². The Hall–Kier alpha value is 0.250. The Morgan fingerprint density at radius 3 is 1.88 bits per heavy atom. The molecule has 1 unspecified atom stereocenters. The van der Waals surface area contributed by atoms with Crippen LogP contribution in [0.25, 0.3) is 0 Å². The van der Waals surface area contributed by atoms with Crippen molar-refractivity contribution in [2.45, 2.75) is 5.51 Å². The molecular weight excluding hydrogens is 163 g/mol. The van der Waals surface area contributed by atoms with Crippen molar-refractivity contribution in [3.8, 4) is 0 Å². The van der Waals surface area contributed by atoms with Gasteiger partial charge in [0.1, 0.15) is 0 Å². The zero-order chi connectivity index (χ0) is 6.78. The molecule has 8 heavy (non-hydrogen) atoms. The van der Waals surface area contributed by atoms with Crippen LogP contribution in [0.4, 0.5) is 13.2 Å². The van der Waals surface area contributed by atoms with Gasteiger partial charge in [0.25, 0.3) is 0 Å². The van der Waals surface area contributed by atoms with Gasteiger partial charge < -0.3 is 0 Å². The van der Waals surface area contributed by atoms with Gasteiger partial charge in [0.05, 0.1) is 10.8 Å². The molecule has 0 spiro atoms. The molecule has 1 atom stereocenters. The zero-order valence-corrected chi connectivity index (χ0v) is 5.07. The van der Waals surface area contributed by atoms with E-state index >= 15 is 0 Å². The first-order valence-corrected chi connectivity index (χ1v) is 3.89. The van der Waals surface area contributed by atoms with Gasteiger partial charge in [-0.1, -0.05) is 0 Å². The Bertz CT molecular complexity index is 99.9. The fourth-order valence-corrected chi connectivity index (χ4v) is 0.838. The average molecular weight is 165 g/mol. The first kappa shape index (κ1) is 8.25. The molecule has 0 amide bonds. The highest BCUT2D eigenvalue weighted by Gasteiger charge is 2.31. The fourth-order valence-electron chi connectivity index (χ4n) is 0.0931. The fraction of sp³-hybridized carbons (Fsp3) is 1.00. The summed E-state index contributed by atoms with van der Waals surface area (Å²) in [7, 11) is -3.08. The van der Waals surface area contributed by atoms with Gasteiger partial charge in [0, 0.05) is 0 Å². The summed E-state index contributed by atoms with van der Waals surface area (Å²) in [4.78, 5) is 0. The van der Waals surface area contributed by atoms with Gasteiger partial charge in [-0.3, -0.25) is 0 Å². The molecule has 0 rings (SSSR count). The van der Waals surface area contributed by atoms with Gasteiger partial charge in [-0.2, -0.15) is 13.2 Å². The minimum Gasteiger partial charge on any atom is -0.242 e. The van der Waals surface area contributed by atoms with Crippen molar-refractivity contribution in [2.75, 3.05) is 0 Å². The van der Waals surface area contributed by atoms with E-state index in [4.69, 9.17) is 0 Å². The van der Waals surface area contributed by atoms with Crippen molar-refractivity contribution >= 4 is 20.8 Å². The molecule has 0 radical (unpaired) electrons. The molecule has 0 heterocycles. The minimum atomic E-state index is -4.49. The van der Waals surface area contributed by atoms with Crippen LogP contribution >= 0.6 is 10.8 Å². The molecule has 2 N–H and O–H groups in total. The Morgan fingerprint density at radius 1 is 1.50 bits per heavy atom. The van der Waals surface area contributed by atoms with E-state index in [9.17, 15) is 17.4 Å². The molecule has 0 aromatic heterocycles. The van der Waals surface area contributed by atoms with E-state index < -0.39 is 26.3 Å². The summed E-state index contributed by atoms with van der Waals surface area (Å²) in [6, 6.07) is 0. The molecule has 0 aromatic carbocycles. The normalized spacial score (nSPS) is 16.0. The highest BCUT2D eigenvalue weighted by Crippen LogP contribution is 2.30. The molecule has 2 nitrogen and oxygen atoms in total. The highest BCUT2D eigenvalue weighted by molar-refractivity contribution is 8.68. The second-order valence-corrected chi connectivity index (χ2v) is 3.43. The predicted molar refractivity (Wildman–Crippen MR) is 26.0 cm³/mol. The Morgan fingerprint density at radius 2 is 1.88 bits per heavy atom. The van der Waals surface area contributed by atoms with E-state index in [0.717, 1.165) is 0 Å². The molecule has 0 aliphatic carbocycles. The summed E-state index contributed by atoms with van der Waals surface area (Å²) in [5.41, 5.74) is -4.49. The van der Waals surface area contributed by atoms with Crippen molar-refractivity contribution in [3.63, 3.8) is 0 Å². The van der Waals surface area contributed by atoms with E-state index in [1.807, 2.05) is 0 Å². The van der Waals surface area contributed by atoms with Crippen molar-refractivity contribution in [1.82, 2.24) is 0 Å². The maximum atomic E-state index is 11.0. The van der Waals surface area contributed by atoms with Crippen LogP contribution < -0.4 is 5.14 Å². The first-order valence-electron chi connectivity index (χ1n) is 1.34. The second-order valence-electron chi connectivity index (χ2n) is 0.790. The number of alkyl halides is 3. The molecule has 0 fully saturated rings. The maximum Gasteiger partial charge on any atom is 0.455 e. The van der Waals surface area contributed by atoms with E-state index in [1.54, 1.807) is 0 Å². The van der Waals surface area contributed by atoms with E-state index in [0.29, 0.717) is 0 Å². The Labute approximate surface area is 49.6 Å². The summed E-state index contributed by atoms with van der Waals surface area (Å²) < 4.78 is 42.6. The molecule has 0 aromatic rings. The van der Waals surface area contributed by atoms with E-state index in [2.05, 4.69) is 5.14 Å². The molecule has 7 heteroatoms. The summed E-state index contributed by atoms with van der Waals surface area (Å²) in [6.07, 6.45) is 0. The number of hydrogen-bond acceptors (Lipinski definition) is 2. The molecule has 0 aliphatic heterocycles. The topological polar surface area (TPSA) is 43.1 Å². The van der Waals surface area contributed by atoms with Crippen molar-refractivity contribution in [1.29, 1.82) is 0 Å². The summed E-state index contributed by atoms with van der Waals surface area (Å²) in [5, 5.41) is 4.29. The molecular formula is CH2F3NOS2. The van der Waals surface area contributed by atoms with Crippen LogP contribution in [0.2, 0.25) is 0 Å². The summed E-state index contributed by atoms with van der Waals surface area (Å²) in [5.74, 6) is 0. The van der Waals surface area contributed by atoms with E-state index in [1.165, 1.54) is 0 Å². The Kier molecular flexibility index (Phi) is 2.78. The average Bonchev–Trinajstić information content (AvgIpc) is 1.21. The van der Waals surface area contributed by atoms with Gasteiger partial charge >= 0.3 is 5.51 Å². The van der Waals surface area contributed by atoms with Crippen LogP contribution in [0.3, 0.4) is 0 Å². The smallest absolute Gasteiger partial charge is 0.242 e. The van der Waals surface area contributed by atoms with Crippen LogP contribution in [-0.4, -0.2) is 9.72 Å². The SMILES string of the molecule is NS(=O)SC(F)(F)F. The highest BCUT2D eigenvalue weighted by atomic mass is 33.1. The second kappa shape index (κ2) is 2.70. The van der Waals surface area contributed by atoms with Crippen LogP contribution in [0.5, 0.6) is 0 Å². The van der Waals surface area contributed by atoms with Crippen molar-refractivity contribution in [2.24, 2.45) is 5.14 Å². The Balaban J connectivity index is 3.55. The lowest BCUT2D eigenvalue weighted by Crippen LogP contribution is -2.07. The predicted octanol–water partition coefficient (Wildman–Crippen LogP) is 0.777. The van der Waals surface area contributed by atoms with Crippen molar-refractivity contribution in [3.05, 3.63) is 0 Å². The van der Waals surface area contributed by atoms with Gasteiger partial charge in [0.15, 0.2) is 10.0 Å². The molecule has 0 bridgehead atoms. The molecule has 50 valence electrons. The molecule has 0 saturated heterocycles. The van der Waals surface area contributed by atoms with Gasteiger partial charge in [0.2, 0.25) is 0 Å². The third-order valence-electron chi connectivity index (χ3n) is 0.177. The number of hydrogen-bond donors (Lipinski definition) is 1. The maximum absolute atomic E-state index is 11.0. The monoisotopic (exact) mass is 165 g/mol. The quantitative estimate of drug-likeness (QED) is 0.583. The summed E-state index contributed by atoms with van der Waals surface area (Å²) >= 11 is 0. The number of rotatable bonds is 1. The van der Waals surface area contributed by atoms with E-state index in [-0.39, 0.29) is 0 Å². The van der Waals surface area contributed by atoms with Crippen LogP contribution in [0.15, 0.2) is 0 Å². The van der Waals surface area contributed by atoms with Crippen LogP contribution in [-0.2, 0) is 10.0 Å². The first-order chi connectivity index (χ1) is 3.42. The zero-order valence-electron chi connectivity index (χ0n) is 3.44. The largest absolute Gasteiger partial charge is 0.455 e. The number of nitrogens with two attached hydrogens (primary N) is 1. The van der Waals surface area contributed by atoms with Gasteiger partial charge in [-0.25, -0.2) is 9.35 Å². The molecule has 0 saturated carbocycles. The summed E-state index contributed by atoms with van der Waals surface area (Å²) in [6.45, 7) is 0. The van der Waals surface area contributed by atoms with Gasteiger partial charge in [-0.15, -0.1) is 0 Å². The van der Waals surface area contributed by atoms with Crippen molar-refractivity contribution < 1.29 is 17.4 Å². The third-order valence-corrected chi connectivity index (χ3v) is 1.59. The number of halogens is 3. The standard InChI is InChI=1S/CH2F3NOS2/c2-1(3,4)7-8(5)6/h5H2. The lowest BCUT2D eigenvalue weighted by Gasteiger charge is -1.98. The lowest BCUT2D eigenvalue weighted by atomic mass is 11.6. The minimum absolute atomic E-state index is 0.738. The lowest BCUT2D eigenvalue weighted by molar-refractivity contribution is -0.0312.